The minimum atomic E-state index is -0.0619. The van der Waals surface area contributed by atoms with Crippen LogP contribution in [0.1, 0.15) is 28.2 Å². The maximum absolute atomic E-state index is 12.9. The zero-order chi connectivity index (χ0) is 20.2. The standard InChI is InChI=1S/C22H26BrN3O3/c1-16-13-19-21(29-16)14-20(26(19)15-17-3-5-18(23)6-4-17)22(27)24-7-2-8-25-9-11-28-12-10-25/h3-6,13-14H,2,7-12,15H2,1H3,(H,24,27). The number of nitrogens with one attached hydrogen (secondary N) is 1. The van der Waals surface area contributed by atoms with Crippen LogP contribution in [0.3, 0.4) is 0 Å². The molecule has 0 atom stereocenters. The molecule has 0 unspecified atom stereocenters. The molecule has 1 fully saturated rings. The van der Waals surface area contributed by atoms with E-state index in [0.717, 1.165) is 66.2 Å². The zero-order valence-corrected chi connectivity index (χ0v) is 18.2. The lowest BCUT2D eigenvalue weighted by molar-refractivity contribution is 0.0374. The van der Waals surface area contributed by atoms with Crippen molar-refractivity contribution < 1.29 is 13.9 Å². The molecule has 0 radical (unpaired) electrons. The Kier molecular flexibility index (Phi) is 6.37. The quantitative estimate of drug-likeness (QED) is 0.545. The summed E-state index contributed by atoms with van der Waals surface area (Å²) in [4.78, 5) is 15.3. The van der Waals surface area contributed by atoms with E-state index in [0.29, 0.717) is 18.8 Å². The van der Waals surface area contributed by atoms with E-state index in [4.69, 9.17) is 9.15 Å². The molecule has 1 aromatic carbocycles. The number of amides is 1. The molecule has 1 N–H and O–H groups in total. The second kappa shape index (κ2) is 9.15. The summed E-state index contributed by atoms with van der Waals surface area (Å²) in [6.45, 7) is 7.72. The van der Waals surface area contributed by atoms with Crippen LogP contribution in [0.2, 0.25) is 0 Å². The van der Waals surface area contributed by atoms with Crippen LogP contribution in [-0.2, 0) is 11.3 Å². The summed E-state index contributed by atoms with van der Waals surface area (Å²) in [5.74, 6) is 0.783. The number of rotatable bonds is 7. The molecule has 1 saturated heterocycles. The molecule has 1 aliphatic heterocycles. The van der Waals surface area contributed by atoms with Gasteiger partial charge in [0.2, 0.25) is 0 Å². The number of fused-ring (bicyclic) bond motifs is 1. The summed E-state index contributed by atoms with van der Waals surface area (Å²) in [6.07, 6.45) is 0.925. The van der Waals surface area contributed by atoms with Gasteiger partial charge in [0.15, 0.2) is 5.58 Å². The van der Waals surface area contributed by atoms with Crippen molar-refractivity contribution in [3.05, 3.63) is 57.9 Å². The van der Waals surface area contributed by atoms with Crippen molar-refractivity contribution in [3.8, 4) is 0 Å². The van der Waals surface area contributed by atoms with Crippen LogP contribution in [0.4, 0.5) is 0 Å². The molecule has 6 nitrogen and oxygen atoms in total. The third-order valence-corrected chi connectivity index (χ3v) is 5.77. The third-order valence-electron chi connectivity index (χ3n) is 5.24. The summed E-state index contributed by atoms with van der Waals surface area (Å²) in [6, 6.07) is 12.0. The molecule has 0 spiro atoms. The Morgan fingerprint density at radius 2 is 1.93 bits per heavy atom. The van der Waals surface area contributed by atoms with E-state index < -0.39 is 0 Å². The first-order valence-corrected chi connectivity index (χ1v) is 10.8. The second-order valence-electron chi connectivity index (χ2n) is 7.41. The number of benzene rings is 1. The highest BCUT2D eigenvalue weighted by molar-refractivity contribution is 9.10. The number of carbonyl (C=O) groups is 1. The molecular formula is C22H26BrN3O3. The van der Waals surface area contributed by atoms with E-state index in [1.165, 1.54) is 0 Å². The minimum absolute atomic E-state index is 0.0619. The number of halogens is 1. The molecule has 1 aliphatic rings. The Hall–Kier alpha value is -2.09. The predicted molar refractivity (Wildman–Crippen MR) is 116 cm³/mol. The van der Waals surface area contributed by atoms with E-state index in [1.54, 1.807) is 0 Å². The van der Waals surface area contributed by atoms with Gasteiger partial charge in [-0.3, -0.25) is 9.69 Å². The van der Waals surface area contributed by atoms with Gasteiger partial charge in [-0.2, -0.15) is 0 Å². The van der Waals surface area contributed by atoms with Crippen LogP contribution in [0.15, 0.2) is 45.3 Å². The molecule has 3 heterocycles. The lowest BCUT2D eigenvalue weighted by Crippen LogP contribution is -2.38. The van der Waals surface area contributed by atoms with Crippen LogP contribution in [0.25, 0.3) is 11.1 Å². The fraction of sp³-hybridized carbons (Fsp3) is 0.409. The van der Waals surface area contributed by atoms with Crippen LogP contribution < -0.4 is 5.32 Å². The fourth-order valence-corrected chi connectivity index (χ4v) is 3.98. The highest BCUT2D eigenvalue weighted by atomic mass is 79.9. The van der Waals surface area contributed by atoms with E-state index in [1.807, 2.05) is 35.8 Å². The van der Waals surface area contributed by atoms with Crippen molar-refractivity contribution >= 4 is 32.9 Å². The number of aromatic nitrogens is 1. The van der Waals surface area contributed by atoms with Gasteiger partial charge in [0.1, 0.15) is 11.5 Å². The maximum Gasteiger partial charge on any atom is 0.268 e. The molecule has 154 valence electrons. The number of hydrogen-bond acceptors (Lipinski definition) is 4. The van der Waals surface area contributed by atoms with Crippen molar-refractivity contribution in [3.63, 3.8) is 0 Å². The number of morpholine rings is 1. The van der Waals surface area contributed by atoms with Gasteiger partial charge >= 0.3 is 0 Å². The normalized spacial score (nSPS) is 15.1. The molecule has 0 saturated carbocycles. The first-order valence-electron chi connectivity index (χ1n) is 10.0. The predicted octanol–water partition coefficient (Wildman–Crippen LogP) is 3.81. The van der Waals surface area contributed by atoms with Gasteiger partial charge in [-0.1, -0.05) is 28.1 Å². The molecule has 29 heavy (non-hydrogen) atoms. The number of aryl methyl sites for hydroxylation is 1. The molecule has 0 aliphatic carbocycles. The van der Waals surface area contributed by atoms with E-state index in [9.17, 15) is 4.79 Å². The van der Waals surface area contributed by atoms with Gasteiger partial charge in [0.25, 0.3) is 5.91 Å². The Morgan fingerprint density at radius 3 is 2.69 bits per heavy atom. The van der Waals surface area contributed by atoms with Crippen LogP contribution in [-0.4, -0.2) is 54.8 Å². The highest BCUT2D eigenvalue weighted by Crippen LogP contribution is 2.25. The Labute approximate surface area is 178 Å². The smallest absolute Gasteiger partial charge is 0.268 e. The Balaban J connectivity index is 1.44. The summed E-state index contributed by atoms with van der Waals surface area (Å²) < 4.78 is 14.2. The summed E-state index contributed by atoms with van der Waals surface area (Å²) >= 11 is 3.47. The average Bonchev–Trinajstić information content (AvgIpc) is 3.24. The number of hydrogen-bond donors (Lipinski definition) is 1. The molecule has 1 amide bonds. The first-order chi connectivity index (χ1) is 14.1. The lowest BCUT2D eigenvalue weighted by Gasteiger charge is -2.26. The van der Waals surface area contributed by atoms with Crippen LogP contribution in [0.5, 0.6) is 0 Å². The van der Waals surface area contributed by atoms with Gasteiger partial charge in [0, 0.05) is 42.8 Å². The first kappa shape index (κ1) is 20.2. The Bertz CT molecular complexity index is 971. The molecule has 2 aromatic heterocycles. The number of furan rings is 1. The van der Waals surface area contributed by atoms with Gasteiger partial charge in [-0.15, -0.1) is 0 Å². The third kappa shape index (κ3) is 4.91. The van der Waals surface area contributed by atoms with E-state index >= 15 is 0 Å². The van der Waals surface area contributed by atoms with Crippen molar-refractivity contribution in [1.29, 1.82) is 0 Å². The number of ether oxygens (including phenoxy) is 1. The fourth-order valence-electron chi connectivity index (χ4n) is 3.72. The average molecular weight is 460 g/mol. The van der Waals surface area contributed by atoms with Crippen molar-refractivity contribution in [1.82, 2.24) is 14.8 Å². The zero-order valence-electron chi connectivity index (χ0n) is 16.6. The van der Waals surface area contributed by atoms with E-state index in [-0.39, 0.29) is 5.91 Å². The number of nitrogens with zero attached hydrogens (tertiary/aromatic N) is 2. The second-order valence-corrected chi connectivity index (χ2v) is 8.33. The monoisotopic (exact) mass is 459 g/mol. The maximum atomic E-state index is 12.9. The minimum Gasteiger partial charge on any atom is -0.460 e. The van der Waals surface area contributed by atoms with E-state index in [2.05, 4.69) is 38.3 Å². The SMILES string of the molecule is Cc1cc2c(cc(C(=O)NCCCN3CCOCC3)n2Cc2ccc(Br)cc2)o1. The molecule has 0 bridgehead atoms. The lowest BCUT2D eigenvalue weighted by atomic mass is 10.2. The van der Waals surface area contributed by atoms with Crippen molar-refractivity contribution in [2.75, 3.05) is 39.4 Å². The molecular weight excluding hydrogens is 434 g/mol. The van der Waals surface area contributed by atoms with Crippen LogP contribution >= 0.6 is 15.9 Å². The molecule has 4 rings (SSSR count). The summed E-state index contributed by atoms with van der Waals surface area (Å²) in [5.41, 5.74) is 3.46. The summed E-state index contributed by atoms with van der Waals surface area (Å²) in [7, 11) is 0. The molecule has 7 heteroatoms. The Morgan fingerprint density at radius 1 is 1.17 bits per heavy atom. The largest absolute Gasteiger partial charge is 0.460 e. The van der Waals surface area contributed by atoms with Gasteiger partial charge in [-0.05, 0) is 37.6 Å². The summed E-state index contributed by atoms with van der Waals surface area (Å²) in [5, 5.41) is 3.07. The van der Waals surface area contributed by atoms with Crippen molar-refractivity contribution in [2.24, 2.45) is 0 Å². The highest BCUT2D eigenvalue weighted by Gasteiger charge is 2.19. The van der Waals surface area contributed by atoms with Gasteiger partial charge in [0.05, 0.1) is 18.7 Å². The molecule has 3 aromatic rings. The topological polar surface area (TPSA) is 59.6 Å². The number of carbonyl (C=O) groups excluding carboxylic acids is 1. The van der Waals surface area contributed by atoms with Crippen molar-refractivity contribution in [2.45, 2.75) is 19.9 Å². The van der Waals surface area contributed by atoms with Gasteiger partial charge in [-0.25, -0.2) is 0 Å². The van der Waals surface area contributed by atoms with Crippen LogP contribution in [0, 0.1) is 6.92 Å². The van der Waals surface area contributed by atoms with Gasteiger partial charge < -0.3 is 19.0 Å².